The number of carbonyl (C=O) groups is 1. The Bertz CT molecular complexity index is 2460. The molecule has 12 heteroatoms. The largest absolute Gasteiger partial charge is 0.454 e. The third kappa shape index (κ3) is 15.2. The Kier molecular flexibility index (Phi) is 19.3. The van der Waals surface area contributed by atoms with E-state index in [9.17, 15) is 4.79 Å². The van der Waals surface area contributed by atoms with E-state index in [0.717, 1.165) is 33.4 Å². The molecule has 9 unspecified atom stereocenters. The fraction of sp³-hybridized carbons (Fsp3) is 0.383. The maximum absolute atomic E-state index is 14.3. The molecule has 6 aromatic rings. The first-order valence-electron chi connectivity index (χ1n) is 24.8. The molecule has 12 nitrogen and oxygen atoms in total. The predicted molar refractivity (Wildman–Crippen MR) is 271 cm³/mol. The average Bonchev–Trinajstić information content (AvgIpc) is 3.41. The van der Waals surface area contributed by atoms with E-state index >= 15 is 0 Å². The minimum absolute atomic E-state index is 0.0173. The van der Waals surface area contributed by atoms with Gasteiger partial charge in [0.05, 0.1) is 70.8 Å². The topological polar surface area (TPSA) is 119 Å². The van der Waals surface area contributed by atoms with E-state index in [0.29, 0.717) is 13.2 Å². The molecule has 0 amide bonds. The SMILES string of the molecule is COC1(OC2OC(COCc3ccccc3)C(OCc3ccccc3)C(OCc3ccccc3)C2OC(=O)C(C)(C)C)CC(OCc2ccccc2)C(OCc2ccccc2)C(COCc2ccccc2)O1. The number of hydrogen-bond donors (Lipinski definition) is 0. The van der Waals surface area contributed by atoms with Crippen LogP contribution in [0.25, 0.3) is 0 Å². The van der Waals surface area contributed by atoms with Gasteiger partial charge in [0.1, 0.15) is 30.5 Å². The van der Waals surface area contributed by atoms with Crippen LogP contribution in [0.5, 0.6) is 0 Å². The predicted octanol–water partition coefficient (Wildman–Crippen LogP) is 10.6. The lowest BCUT2D eigenvalue weighted by atomic mass is 9.95. The molecule has 2 fully saturated rings. The summed E-state index contributed by atoms with van der Waals surface area (Å²) in [5.41, 5.74) is 4.84. The Balaban J connectivity index is 1.17. The highest BCUT2D eigenvalue weighted by molar-refractivity contribution is 5.75. The van der Waals surface area contributed by atoms with Crippen molar-refractivity contribution in [1.82, 2.24) is 0 Å². The molecule has 0 aromatic heterocycles. The summed E-state index contributed by atoms with van der Waals surface area (Å²) < 4.78 is 74.5. The van der Waals surface area contributed by atoms with E-state index in [4.69, 9.17) is 52.1 Å². The van der Waals surface area contributed by atoms with Crippen molar-refractivity contribution < 1.29 is 56.9 Å². The molecule has 0 saturated carbocycles. The smallest absolute Gasteiger partial charge is 0.311 e. The summed E-state index contributed by atoms with van der Waals surface area (Å²) in [6.07, 6.45) is -7.30. The Morgan fingerprint density at radius 2 is 0.861 bits per heavy atom. The van der Waals surface area contributed by atoms with Crippen LogP contribution in [0.1, 0.15) is 60.6 Å². The molecule has 9 atom stereocenters. The fourth-order valence-corrected chi connectivity index (χ4v) is 8.61. The second-order valence-corrected chi connectivity index (χ2v) is 19.1. The van der Waals surface area contributed by atoms with Crippen molar-refractivity contribution in [3.63, 3.8) is 0 Å². The zero-order valence-corrected chi connectivity index (χ0v) is 41.7. The van der Waals surface area contributed by atoms with Gasteiger partial charge in [-0.25, -0.2) is 0 Å². The number of esters is 1. The van der Waals surface area contributed by atoms with Crippen LogP contribution in [-0.2, 0) is 96.5 Å². The molecule has 0 spiro atoms. The lowest BCUT2D eigenvalue weighted by Gasteiger charge is -2.51. The van der Waals surface area contributed by atoms with Crippen molar-refractivity contribution in [2.24, 2.45) is 5.41 Å². The van der Waals surface area contributed by atoms with E-state index in [-0.39, 0.29) is 46.1 Å². The molecule has 0 aliphatic carbocycles. The molecule has 72 heavy (non-hydrogen) atoms. The van der Waals surface area contributed by atoms with Gasteiger partial charge in [0.2, 0.25) is 6.29 Å². The van der Waals surface area contributed by atoms with E-state index in [1.807, 2.05) is 182 Å². The Labute approximate surface area is 424 Å². The molecule has 8 rings (SSSR count). The zero-order chi connectivity index (χ0) is 50.0. The van der Waals surface area contributed by atoms with Gasteiger partial charge in [0, 0.05) is 7.11 Å². The van der Waals surface area contributed by atoms with Crippen LogP contribution in [-0.4, -0.2) is 81.3 Å². The summed E-state index contributed by atoms with van der Waals surface area (Å²) in [4.78, 5) is 14.3. The van der Waals surface area contributed by atoms with E-state index in [1.54, 1.807) is 20.8 Å². The van der Waals surface area contributed by atoms with Crippen LogP contribution in [0.15, 0.2) is 182 Å². The molecule has 2 heterocycles. The lowest BCUT2D eigenvalue weighted by molar-refractivity contribution is -0.474. The fourth-order valence-electron chi connectivity index (χ4n) is 8.61. The molecule has 6 aromatic carbocycles. The summed E-state index contributed by atoms with van der Waals surface area (Å²) in [5, 5.41) is 0. The van der Waals surface area contributed by atoms with Crippen molar-refractivity contribution in [3.05, 3.63) is 215 Å². The Morgan fingerprint density at radius 3 is 1.28 bits per heavy atom. The minimum Gasteiger partial charge on any atom is -0.454 e. The maximum Gasteiger partial charge on any atom is 0.311 e. The van der Waals surface area contributed by atoms with Crippen LogP contribution in [0.4, 0.5) is 0 Å². The van der Waals surface area contributed by atoms with Gasteiger partial charge in [0.15, 0.2) is 6.10 Å². The molecule has 0 N–H and O–H groups in total. The lowest BCUT2D eigenvalue weighted by Crippen LogP contribution is -2.66. The van der Waals surface area contributed by atoms with Crippen molar-refractivity contribution in [2.45, 2.75) is 122 Å². The average molecular weight is 981 g/mol. The number of hydrogen-bond acceptors (Lipinski definition) is 12. The normalized spacial score (nSPS) is 24.4. The summed E-state index contributed by atoms with van der Waals surface area (Å²) >= 11 is 0. The first-order valence-corrected chi connectivity index (χ1v) is 24.8. The standard InChI is InChI=1S/C60H68O12/c1-59(2,3)58(61)70-56-55(68-41-49-33-21-10-22-34-49)54(67-40-48-31-19-9-20-32-48)51(42-63-36-44-23-11-5-12-24-44)69-57(56)72-60(62-4)35-50(65-38-46-27-15-7-16-28-46)53(66-39-47-29-17-8-18-30-47)52(71-60)43-64-37-45-25-13-6-14-26-45/h5-34,50-57H,35-43H2,1-4H3. The molecule has 2 aliphatic rings. The van der Waals surface area contributed by atoms with Gasteiger partial charge in [-0.1, -0.05) is 182 Å². The first-order chi connectivity index (χ1) is 35.1. The van der Waals surface area contributed by atoms with Gasteiger partial charge >= 0.3 is 5.97 Å². The Hall–Kier alpha value is -5.61. The number of benzene rings is 6. The van der Waals surface area contributed by atoms with Crippen LogP contribution in [0.2, 0.25) is 0 Å². The van der Waals surface area contributed by atoms with E-state index in [1.165, 1.54) is 7.11 Å². The Morgan fingerprint density at radius 1 is 0.486 bits per heavy atom. The first kappa shape index (κ1) is 52.7. The molecular formula is C60H68O12. The maximum atomic E-state index is 14.3. The minimum atomic E-state index is -1.87. The van der Waals surface area contributed by atoms with Gasteiger partial charge in [-0.15, -0.1) is 0 Å². The molecule has 0 bridgehead atoms. The molecular weight excluding hydrogens is 913 g/mol. The van der Waals surface area contributed by atoms with E-state index < -0.39 is 66.4 Å². The monoisotopic (exact) mass is 980 g/mol. The number of carbonyl (C=O) groups excluding carboxylic acids is 1. The molecule has 2 aliphatic heterocycles. The number of rotatable bonds is 24. The number of methoxy groups -OCH3 is 1. The summed E-state index contributed by atoms with van der Waals surface area (Å²) in [6.45, 7) is 7.05. The van der Waals surface area contributed by atoms with Gasteiger partial charge in [0.25, 0.3) is 5.97 Å². The molecule has 0 radical (unpaired) electrons. The van der Waals surface area contributed by atoms with Crippen molar-refractivity contribution in [3.8, 4) is 0 Å². The van der Waals surface area contributed by atoms with Crippen molar-refractivity contribution >= 4 is 5.97 Å². The highest BCUT2D eigenvalue weighted by Gasteiger charge is 2.57. The molecule has 380 valence electrons. The highest BCUT2D eigenvalue weighted by Crippen LogP contribution is 2.41. The van der Waals surface area contributed by atoms with Crippen LogP contribution in [0, 0.1) is 5.41 Å². The third-order valence-corrected chi connectivity index (χ3v) is 12.5. The van der Waals surface area contributed by atoms with Gasteiger partial charge < -0.3 is 47.4 Å². The van der Waals surface area contributed by atoms with E-state index in [2.05, 4.69) is 0 Å². The van der Waals surface area contributed by atoms with Crippen molar-refractivity contribution in [2.75, 3.05) is 20.3 Å². The number of ether oxygens (including phenoxy) is 11. The second kappa shape index (κ2) is 26.4. The second-order valence-electron chi connectivity index (χ2n) is 19.1. The van der Waals surface area contributed by atoms with Crippen molar-refractivity contribution in [1.29, 1.82) is 0 Å². The van der Waals surface area contributed by atoms with Gasteiger partial charge in [-0.3, -0.25) is 9.53 Å². The quantitative estimate of drug-likeness (QED) is 0.0424. The molecule has 2 saturated heterocycles. The van der Waals surface area contributed by atoms with Gasteiger partial charge in [-0.05, 0) is 54.2 Å². The third-order valence-electron chi connectivity index (χ3n) is 12.5. The zero-order valence-electron chi connectivity index (χ0n) is 41.7. The van der Waals surface area contributed by atoms with Gasteiger partial charge in [-0.2, -0.15) is 0 Å². The highest BCUT2D eigenvalue weighted by atomic mass is 16.9. The summed E-state index contributed by atoms with van der Waals surface area (Å²) in [7, 11) is 1.51. The van der Waals surface area contributed by atoms with Crippen LogP contribution >= 0.6 is 0 Å². The summed E-state index contributed by atoms with van der Waals surface area (Å²) in [6, 6.07) is 59.4. The summed E-state index contributed by atoms with van der Waals surface area (Å²) in [5.74, 6) is -2.37. The van der Waals surface area contributed by atoms with Crippen LogP contribution < -0.4 is 0 Å². The van der Waals surface area contributed by atoms with Crippen LogP contribution in [0.3, 0.4) is 0 Å².